The van der Waals surface area contributed by atoms with Crippen molar-refractivity contribution in [2.75, 3.05) is 0 Å². The second-order valence-electron chi connectivity index (χ2n) is 25.7. The SMILES string of the molecule is c1ccc(-c2cc(-c3ccccc3)nc(-n3c4ccccc4c4cc(-c5ccc6c(c5)c5ccccc5n6-c5ccccc5)ccc43)c2)cc1.c1ccc(-c2cc(-n3c4ccccc4c4cc(-c5ccc6c(c5)c5ccccc5n6-c5ccccc5)ccc43)cc(-c3ccccc3)n2)cc1. The third-order valence-corrected chi connectivity index (χ3v) is 19.8. The second-order valence-corrected chi connectivity index (χ2v) is 25.7. The van der Waals surface area contributed by atoms with Gasteiger partial charge in [0, 0.05) is 71.2 Å². The van der Waals surface area contributed by atoms with Crippen molar-refractivity contribution in [2.24, 2.45) is 0 Å². The van der Waals surface area contributed by atoms with Gasteiger partial charge in [0.25, 0.3) is 0 Å². The van der Waals surface area contributed by atoms with Crippen molar-refractivity contribution in [3.05, 3.63) is 376 Å². The van der Waals surface area contributed by atoms with Crippen LogP contribution in [0, 0.1) is 0 Å². The summed E-state index contributed by atoms with van der Waals surface area (Å²) in [6, 6.07) is 135. The predicted molar refractivity (Wildman–Crippen MR) is 418 cm³/mol. The van der Waals surface area contributed by atoms with Crippen molar-refractivity contribution in [2.45, 2.75) is 0 Å². The van der Waals surface area contributed by atoms with Gasteiger partial charge in [-0.05, 0) is 155 Å². The zero-order valence-corrected chi connectivity index (χ0v) is 54.5. The molecule has 0 spiro atoms. The molecular weight excluding hydrogens is 1210 g/mol. The lowest BCUT2D eigenvalue weighted by atomic mass is 10.0. The van der Waals surface area contributed by atoms with E-state index >= 15 is 0 Å². The Balaban J connectivity index is 0.000000139. The highest BCUT2D eigenvalue weighted by Gasteiger charge is 2.21. The molecule has 0 radical (unpaired) electrons. The number of benzene rings is 14. The quantitative estimate of drug-likeness (QED) is 0.137. The van der Waals surface area contributed by atoms with Crippen molar-refractivity contribution in [3.8, 4) is 90.0 Å². The Hall–Kier alpha value is -13.4. The monoisotopic (exact) mass is 1270 g/mol. The maximum absolute atomic E-state index is 5.30. The van der Waals surface area contributed by atoms with Crippen molar-refractivity contribution < 1.29 is 0 Å². The van der Waals surface area contributed by atoms with Gasteiger partial charge in [-0.15, -0.1) is 0 Å². The van der Waals surface area contributed by atoms with Gasteiger partial charge < -0.3 is 13.7 Å². The molecule has 0 saturated heterocycles. The summed E-state index contributed by atoms with van der Waals surface area (Å²) in [4.78, 5) is 10.5. The highest BCUT2D eigenvalue weighted by Crippen LogP contribution is 2.43. The predicted octanol–water partition coefficient (Wildman–Crippen LogP) is 24.6. The molecule has 0 aliphatic carbocycles. The Labute approximate surface area is 578 Å². The van der Waals surface area contributed by atoms with E-state index in [1.807, 2.05) is 0 Å². The van der Waals surface area contributed by atoms with E-state index < -0.39 is 0 Å². The van der Waals surface area contributed by atoms with Gasteiger partial charge in [-0.25, -0.2) is 9.97 Å². The summed E-state index contributed by atoms with van der Waals surface area (Å²) in [5.74, 6) is 0.902. The Morgan fingerprint density at radius 2 is 0.420 bits per heavy atom. The lowest BCUT2D eigenvalue weighted by Gasteiger charge is -2.13. The molecule has 0 fully saturated rings. The van der Waals surface area contributed by atoms with E-state index in [1.54, 1.807) is 0 Å². The lowest BCUT2D eigenvalue weighted by molar-refractivity contribution is 1.08. The van der Waals surface area contributed by atoms with Gasteiger partial charge in [-0.1, -0.05) is 255 Å². The van der Waals surface area contributed by atoms with Crippen LogP contribution in [0.3, 0.4) is 0 Å². The average molecular weight is 1280 g/mol. The van der Waals surface area contributed by atoms with Crippen LogP contribution in [0.25, 0.3) is 177 Å². The minimum absolute atomic E-state index is 0.902. The zero-order valence-electron chi connectivity index (χ0n) is 54.5. The average Bonchev–Trinajstić information content (AvgIpc) is 1.56. The van der Waals surface area contributed by atoms with Crippen LogP contribution >= 0.6 is 0 Å². The Kier molecular flexibility index (Phi) is 14.1. The fourth-order valence-corrected chi connectivity index (χ4v) is 15.2. The lowest BCUT2D eigenvalue weighted by Crippen LogP contribution is -2.00. The fraction of sp³-hybridized carbons (Fsp3) is 0. The molecule has 0 amide bonds. The maximum atomic E-state index is 5.30. The molecule has 100 heavy (non-hydrogen) atoms. The fourth-order valence-electron chi connectivity index (χ4n) is 15.2. The first-order valence-electron chi connectivity index (χ1n) is 34.1. The molecule has 0 unspecified atom stereocenters. The van der Waals surface area contributed by atoms with Crippen molar-refractivity contribution in [1.82, 2.24) is 28.2 Å². The molecule has 6 heteroatoms. The molecule has 0 bridgehead atoms. The number of para-hydroxylation sites is 6. The van der Waals surface area contributed by atoms with Crippen LogP contribution in [0.15, 0.2) is 376 Å². The van der Waals surface area contributed by atoms with Crippen LogP contribution < -0.4 is 0 Å². The van der Waals surface area contributed by atoms with Crippen LogP contribution in [0.2, 0.25) is 0 Å². The van der Waals surface area contributed by atoms with Gasteiger partial charge in [0.05, 0.1) is 66.9 Å². The Morgan fingerprint density at radius 3 is 0.780 bits per heavy atom. The third-order valence-electron chi connectivity index (χ3n) is 19.8. The molecule has 0 aliphatic rings. The van der Waals surface area contributed by atoms with Gasteiger partial charge in [0.2, 0.25) is 0 Å². The highest BCUT2D eigenvalue weighted by molar-refractivity contribution is 6.15. The molecule has 0 aliphatic heterocycles. The Morgan fingerprint density at radius 1 is 0.150 bits per heavy atom. The van der Waals surface area contributed by atoms with Crippen LogP contribution in [0.4, 0.5) is 0 Å². The number of nitrogens with zero attached hydrogens (tertiary/aromatic N) is 6. The van der Waals surface area contributed by atoms with Gasteiger partial charge in [-0.2, -0.15) is 0 Å². The smallest absolute Gasteiger partial charge is 0.138 e. The number of fused-ring (bicyclic) bond motifs is 12. The van der Waals surface area contributed by atoms with E-state index in [9.17, 15) is 0 Å². The molecular formula is C94H62N6. The molecule has 20 aromatic rings. The number of hydrogen-bond acceptors (Lipinski definition) is 2. The summed E-state index contributed by atoms with van der Waals surface area (Å²) in [7, 11) is 0. The topological polar surface area (TPSA) is 45.5 Å². The van der Waals surface area contributed by atoms with Gasteiger partial charge in [0.1, 0.15) is 5.82 Å². The summed E-state index contributed by atoms with van der Waals surface area (Å²) >= 11 is 0. The molecule has 0 atom stereocenters. The summed E-state index contributed by atoms with van der Waals surface area (Å²) in [5.41, 5.74) is 26.1. The van der Waals surface area contributed by atoms with Gasteiger partial charge in [-0.3, -0.25) is 4.57 Å². The largest absolute Gasteiger partial charge is 0.309 e. The third kappa shape index (κ3) is 10.0. The molecule has 6 nitrogen and oxygen atoms in total. The first-order chi connectivity index (χ1) is 49.6. The second kappa shape index (κ2) is 24.3. The van der Waals surface area contributed by atoms with Crippen LogP contribution in [0.1, 0.15) is 0 Å². The van der Waals surface area contributed by atoms with Crippen molar-refractivity contribution >= 4 is 87.2 Å². The minimum atomic E-state index is 0.902. The molecule has 0 N–H and O–H groups in total. The molecule has 6 heterocycles. The summed E-state index contributed by atoms with van der Waals surface area (Å²) < 4.78 is 9.45. The molecule has 6 aromatic heterocycles. The van der Waals surface area contributed by atoms with E-state index in [-0.39, 0.29) is 0 Å². The van der Waals surface area contributed by atoms with Gasteiger partial charge in [0.15, 0.2) is 0 Å². The van der Waals surface area contributed by atoms with E-state index in [0.29, 0.717) is 0 Å². The summed E-state index contributed by atoms with van der Waals surface area (Å²) in [5, 5.41) is 9.88. The number of aromatic nitrogens is 6. The minimum Gasteiger partial charge on any atom is -0.309 e. The standard InChI is InChI=1S/2C47H31N3/c1-4-14-32(15-5-1)36-30-42(33-16-6-2-7-17-33)48-47(31-36)50-44-23-13-11-21-39(44)41-29-35(25-27-46(41)50)34-24-26-45-40(28-34)38-20-10-12-22-43(38)49(45)37-18-8-3-9-19-37;1-4-14-32(15-5-1)42-30-37(31-43(48-42)33-16-6-2-7-17-33)50-45-23-13-11-21-39(45)41-29-35(25-27-47(41)50)34-24-26-46-40(28-34)38-20-10-12-22-44(38)49(46)36-18-8-3-9-19-36/h2*1-31H. The van der Waals surface area contributed by atoms with E-state index in [2.05, 4.69) is 394 Å². The summed E-state index contributed by atoms with van der Waals surface area (Å²) in [6.45, 7) is 0. The van der Waals surface area contributed by atoms with Crippen LogP contribution in [-0.2, 0) is 0 Å². The van der Waals surface area contributed by atoms with Gasteiger partial charge >= 0.3 is 0 Å². The van der Waals surface area contributed by atoms with E-state index in [1.165, 1.54) is 115 Å². The highest BCUT2D eigenvalue weighted by atomic mass is 15.1. The van der Waals surface area contributed by atoms with Crippen LogP contribution in [-0.4, -0.2) is 28.2 Å². The molecule has 14 aromatic carbocycles. The maximum Gasteiger partial charge on any atom is 0.138 e. The molecule has 0 saturated carbocycles. The zero-order chi connectivity index (χ0) is 66.0. The van der Waals surface area contributed by atoms with Crippen LogP contribution in [0.5, 0.6) is 0 Å². The van der Waals surface area contributed by atoms with E-state index in [4.69, 9.17) is 9.97 Å². The normalized spacial score (nSPS) is 11.6. The number of hydrogen-bond donors (Lipinski definition) is 0. The molecule has 468 valence electrons. The first-order valence-corrected chi connectivity index (χ1v) is 34.1. The molecule has 20 rings (SSSR count). The summed E-state index contributed by atoms with van der Waals surface area (Å²) in [6.07, 6.45) is 0. The Bertz CT molecular complexity index is 5970. The number of rotatable bonds is 10. The van der Waals surface area contributed by atoms with E-state index in [0.717, 1.165) is 61.9 Å². The van der Waals surface area contributed by atoms with Crippen molar-refractivity contribution in [3.63, 3.8) is 0 Å². The van der Waals surface area contributed by atoms with Crippen molar-refractivity contribution in [1.29, 1.82) is 0 Å². The first kappa shape index (κ1) is 58.0. The number of pyridine rings is 2.